The molecular formula is C31H41NO4SSi. The lowest BCUT2D eigenvalue weighted by atomic mass is 9.54. The third kappa shape index (κ3) is 4.97. The van der Waals surface area contributed by atoms with Crippen LogP contribution in [0.2, 0.25) is 25.7 Å². The van der Waals surface area contributed by atoms with Crippen molar-refractivity contribution in [2.24, 2.45) is 23.2 Å². The number of allylic oxidation sites excluding steroid dienone is 4. The lowest BCUT2D eigenvalue weighted by Crippen LogP contribution is -2.59. The molecule has 38 heavy (non-hydrogen) atoms. The number of Topliss-reactive ketones (excluding diaryl/α,β-unsaturated/α-hetero) is 1. The number of rotatable bonds is 5. The molecule has 8 atom stereocenters. The van der Waals surface area contributed by atoms with E-state index in [4.69, 9.17) is 4.74 Å². The SMILES string of the molecule is CC(=O)OC1C2CCC(=O)C(C/C=C/[C@H]3C=C(C[Si](C)(C)C)[C@@H](C)C4C(Cc5ccccc5)NC(=O)C143)S2. The van der Waals surface area contributed by atoms with E-state index in [0.29, 0.717) is 19.3 Å². The summed E-state index contributed by atoms with van der Waals surface area (Å²) >= 11 is 1.63. The Balaban J connectivity index is 1.69. The predicted octanol–water partition coefficient (Wildman–Crippen LogP) is 5.59. The van der Waals surface area contributed by atoms with E-state index < -0.39 is 19.6 Å². The molecule has 1 spiro atoms. The van der Waals surface area contributed by atoms with Crippen LogP contribution in [0.5, 0.6) is 0 Å². The maximum Gasteiger partial charge on any atom is 0.302 e. The summed E-state index contributed by atoms with van der Waals surface area (Å²) < 4.78 is 6.24. The van der Waals surface area contributed by atoms with Gasteiger partial charge in [-0.1, -0.05) is 80.7 Å². The number of amides is 1. The molecule has 3 heterocycles. The van der Waals surface area contributed by atoms with Gasteiger partial charge in [-0.25, -0.2) is 0 Å². The number of carbonyl (C=O) groups is 3. The summed E-state index contributed by atoms with van der Waals surface area (Å²) in [6.07, 6.45) is 8.55. The topological polar surface area (TPSA) is 72.5 Å². The summed E-state index contributed by atoms with van der Waals surface area (Å²) in [5, 5.41) is 3.20. The minimum absolute atomic E-state index is 0.00423. The van der Waals surface area contributed by atoms with Gasteiger partial charge in [-0.05, 0) is 36.8 Å². The molecule has 5 nitrogen and oxygen atoms in total. The van der Waals surface area contributed by atoms with Gasteiger partial charge in [0.1, 0.15) is 17.3 Å². The Kier molecular flexibility index (Phi) is 7.55. The van der Waals surface area contributed by atoms with Gasteiger partial charge in [-0.2, -0.15) is 0 Å². The van der Waals surface area contributed by atoms with E-state index in [1.54, 1.807) is 11.8 Å². The zero-order chi connectivity index (χ0) is 27.2. The van der Waals surface area contributed by atoms with Crippen LogP contribution in [-0.4, -0.2) is 48.4 Å². The number of benzene rings is 1. The first-order valence-corrected chi connectivity index (χ1v) is 18.7. The highest BCUT2D eigenvalue weighted by Crippen LogP contribution is 2.60. The monoisotopic (exact) mass is 551 g/mol. The zero-order valence-electron chi connectivity index (χ0n) is 23.2. The van der Waals surface area contributed by atoms with Crippen LogP contribution in [0, 0.1) is 23.2 Å². The highest BCUT2D eigenvalue weighted by Gasteiger charge is 2.68. The smallest absolute Gasteiger partial charge is 0.302 e. The molecule has 6 unspecified atom stereocenters. The Hall–Kier alpha value is -2.12. The second-order valence-electron chi connectivity index (χ2n) is 12.9. The quantitative estimate of drug-likeness (QED) is 0.294. The van der Waals surface area contributed by atoms with E-state index in [2.05, 4.69) is 62.2 Å². The average molecular weight is 552 g/mol. The maximum atomic E-state index is 14.5. The zero-order valence-corrected chi connectivity index (χ0v) is 25.1. The normalized spacial score (nSPS) is 37.5. The highest BCUT2D eigenvalue weighted by molar-refractivity contribution is 8.01. The van der Waals surface area contributed by atoms with Gasteiger partial charge in [0.25, 0.3) is 0 Å². The van der Waals surface area contributed by atoms with Crippen molar-refractivity contribution in [3.63, 3.8) is 0 Å². The summed E-state index contributed by atoms with van der Waals surface area (Å²) in [4.78, 5) is 39.9. The molecule has 7 heteroatoms. The van der Waals surface area contributed by atoms with Crippen molar-refractivity contribution < 1.29 is 19.1 Å². The Labute approximate surface area is 232 Å². The number of hydrogen-bond donors (Lipinski definition) is 1. The largest absolute Gasteiger partial charge is 0.460 e. The van der Waals surface area contributed by atoms with Crippen molar-refractivity contribution in [3.8, 4) is 0 Å². The molecule has 1 aromatic rings. The van der Waals surface area contributed by atoms with Crippen molar-refractivity contribution in [1.82, 2.24) is 5.32 Å². The van der Waals surface area contributed by atoms with Gasteiger partial charge >= 0.3 is 5.97 Å². The summed E-state index contributed by atoms with van der Waals surface area (Å²) in [7, 11) is -1.44. The fourth-order valence-corrected chi connectivity index (χ4v) is 10.8. The van der Waals surface area contributed by atoms with Crippen LogP contribution in [0.1, 0.15) is 38.7 Å². The lowest BCUT2D eigenvalue weighted by Gasteiger charge is -2.51. The lowest BCUT2D eigenvalue weighted by molar-refractivity contribution is -0.164. The van der Waals surface area contributed by atoms with Crippen molar-refractivity contribution in [3.05, 3.63) is 59.7 Å². The molecule has 2 bridgehead atoms. The molecule has 3 aliphatic heterocycles. The van der Waals surface area contributed by atoms with Crippen LogP contribution in [0.4, 0.5) is 0 Å². The standard InChI is InChI=1S/C31H41NO4SSi/c1-19-22(18-38(3,4)5)17-23-12-9-13-26-25(34)14-15-27(37-26)29(36-20(2)33)31(23)28(19)24(32-30(31)35)16-21-10-7-6-8-11-21/h6-12,17,19,23-24,26-29H,13-16,18H2,1-5H3,(H,32,35)/b12-9+/t19-,23+,24?,26?,27?,28?,29?,31?/m1/s1. The van der Waals surface area contributed by atoms with Gasteiger partial charge in [-0.3, -0.25) is 14.4 Å². The molecule has 0 aromatic heterocycles. The molecule has 1 amide bonds. The first kappa shape index (κ1) is 27.4. The molecule has 4 aliphatic rings. The average Bonchev–Trinajstić information content (AvgIpc) is 3.15. The van der Waals surface area contributed by atoms with Gasteiger partial charge in [0.2, 0.25) is 5.91 Å². The van der Waals surface area contributed by atoms with Crippen LogP contribution in [0.25, 0.3) is 0 Å². The van der Waals surface area contributed by atoms with Crippen molar-refractivity contribution in [2.75, 3.05) is 0 Å². The number of ketones is 1. The molecule has 2 fully saturated rings. The van der Waals surface area contributed by atoms with Crippen LogP contribution < -0.4 is 5.32 Å². The molecule has 0 saturated carbocycles. The van der Waals surface area contributed by atoms with Crippen molar-refractivity contribution in [1.29, 1.82) is 0 Å². The van der Waals surface area contributed by atoms with Crippen LogP contribution >= 0.6 is 11.8 Å². The highest BCUT2D eigenvalue weighted by atomic mass is 32.2. The number of hydrogen-bond acceptors (Lipinski definition) is 5. The fourth-order valence-electron chi connectivity index (χ4n) is 7.57. The first-order valence-electron chi connectivity index (χ1n) is 14.1. The number of esters is 1. The fraction of sp³-hybridized carbons (Fsp3) is 0.581. The summed E-state index contributed by atoms with van der Waals surface area (Å²) in [5.74, 6) is -0.143. The minimum Gasteiger partial charge on any atom is -0.460 e. The van der Waals surface area contributed by atoms with Crippen LogP contribution in [0.3, 0.4) is 0 Å². The first-order chi connectivity index (χ1) is 18.0. The van der Waals surface area contributed by atoms with E-state index in [-0.39, 0.29) is 52.0 Å². The van der Waals surface area contributed by atoms with E-state index in [1.165, 1.54) is 18.1 Å². The van der Waals surface area contributed by atoms with Crippen LogP contribution in [0.15, 0.2) is 54.1 Å². The molecule has 5 rings (SSSR count). The molecular weight excluding hydrogens is 510 g/mol. The Morgan fingerprint density at radius 3 is 2.61 bits per heavy atom. The number of thioether (sulfide) groups is 1. The second kappa shape index (κ2) is 10.5. The molecule has 0 radical (unpaired) electrons. The molecule has 1 N–H and O–H groups in total. The van der Waals surface area contributed by atoms with Gasteiger partial charge in [0.05, 0.1) is 5.25 Å². The molecule has 1 aliphatic carbocycles. The van der Waals surface area contributed by atoms with Gasteiger partial charge in [-0.15, -0.1) is 11.8 Å². The van der Waals surface area contributed by atoms with Gasteiger partial charge < -0.3 is 10.1 Å². The Bertz CT molecular complexity index is 1160. The van der Waals surface area contributed by atoms with Crippen molar-refractivity contribution in [2.45, 2.75) is 87.9 Å². The number of ether oxygens (including phenoxy) is 1. The Morgan fingerprint density at radius 2 is 1.92 bits per heavy atom. The second-order valence-corrected chi connectivity index (χ2v) is 19.8. The number of carbonyl (C=O) groups excluding carboxylic acids is 3. The van der Waals surface area contributed by atoms with Crippen LogP contribution in [-0.2, 0) is 25.5 Å². The van der Waals surface area contributed by atoms with E-state index in [9.17, 15) is 14.4 Å². The third-order valence-electron chi connectivity index (χ3n) is 8.96. The third-order valence-corrected chi connectivity index (χ3v) is 12.1. The predicted molar refractivity (Wildman–Crippen MR) is 156 cm³/mol. The van der Waals surface area contributed by atoms with Crippen molar-refractivity contribution >= 4 is 37.5 Å². The molecule has 1 aromatic carbocycles. The van der Waals surface area contributed by atoms with E-state index >= 15 is 0 Å². The summed E-state index contributed by atoms with van der Waals surface area (Å²) in [5.41, 5.74) is 1.72. The summed E-state index contributed by atoms with van der Waals surface area (Å²) in [6, 6.07) is 11.4. The number of fused-ring (bicyclic) bond motifs is 2. The molecule has 2 saturated heterocycles. The van der Waals surface area contributed by atoms with Gasteiger partial charge in [0, 0.05) is 44.5 Å². The molecule has 204 valence electrons. The number of nitrogens with one attached hydrogen (secondary N) is 1. The summed E-state index contributed by atoms with van der Waals surface area (Å²) in [6.45, 7) is 10.9. The van der Waals surface area contributed by atoms with E-state index in [1.807, 2.05) is 18.2 Å². The maximum absolute atomic E-state index is 14.5. The Morgan fingerprint density at radius 1 is 1.18 bits per heavy atom. The minimum atomic E-state index is -1.44. The van der Waals surface area contributed by atoms with E-state index in [0.717, 1.165) is 12.5 Å². The van der Waals surface area contributed by atoms with Gasteiger partial charge in [0.15, 0.2) is 0 Å².